The van der Waals surface area contributed by atoms with Crippen LogP contribution in [0.3, 0.4) is 0 Å². The molecule has 0 saturated carbocycles. The van der Waals surface area contributed by atoms with E-state index in [0.29, 0.717) is 0 Å². The average Bonchev–Trinajstić information content (AvgIpc) is 2.37. The van der Waals surface area contributed by atoms with Gasteiger partial charge in [0.25, 0.3) is 5.91 Å². The van der Waals surface area contributed by atoms with Gasteiger partial charge < -0.3 is 10.4 Å². The van der Waals surface area contributed by atoms with E-state index in [1.165, 1.54) is 12.1 Å². The fourth-order valence-electron chi connectivity index (χ4n) is 1.70. The molecule has 2 N–H and O–H groups in total. The second-order valence-corrected chi connectivity index (χ2v) is 4.17. The smallest absolute Gasteiger partial charge is 0.416 e. The fourth-order valence-corrected chi connectivity index (χ4v) is 1.70. The number of hydrogen-bond donors (Lipinski definition) is 2. The second-order valence-electron chi connectivity index (χ2n) is 4.17. The van der Waals surface area contributed by atoms with Crippen LogP contribution in [0.15, 0.2) is 42.5 Å². The first-order chi connectivity index (χ1) is 9.79. The molecule has 21 heavy (non-hydrogen) atoms. The fraction of sp³-hybridized carbons (Fsp3) is 0.0714. The molecule has 0 spiro atoms. The largest absolute Gasteiger partial charge is 0.507 e. The summed E-state index contributed by atoms with van der Waals surface area (Å²) < 4.78 is 51.1. The minimum Gasteiger partial charge on any atom is -0.507 e. The quantitative estimate of drug-likeness (QED) is 0.829. The van der Waals surface area contributed by atoms with Crippen molar-refractivity contribution in [3.63, 3.8) is 0 Å². The molecule has 0 aromatic heterocycles. The zero-order valence-corrected chi connectivity index (χ0v) is 10.4. The van der Waals surface area contributed by atoms with Crippen molar-refractivity contribution in [2.24, 2.45) is 0 Å². The summed E-state index contributed by atoms with van der Waals surface area (Å²) in [6, 6.07) is 7.16. The number of alkyl halides is 3. The Balaban J connectivity index is 2.28. The molecular formula is C14H9F4NO2. The average molecular weight is 299 g/mol. The molecule has 0 radical (unpaired) electrons. The molecule has 2 aromatic carbocycles. The normalized spacial score (nSPS) is 11.2. The molecule has 0 bridgehead atoms. The van der Waals surface area contributed by atoms with Gasteiger partial charge in [0.1, 0.15) is 17.1 Å². The highest BCUT2D eigenvalue weighted by Gasteiger charge is 2.30. The SMILES string of the molecule is O=C(Nc1cccc(C(F)(F)F)c1)c1c(O)cccc1F. The maximum absolute atomic E-state index is 13.5. The predicted molar refractivity (Wildman–Crippen MR) is 67.5 cm³/mol. The van der Waals surface area contributed by atoms with Crippen LogP contribution in [0.2, 0.25) is 0 Å². The minimum atomic E-state index is -4.55. The Morgan fingerprint density at radius 1 is 1.10 bits per heavy atom. The van der Waals surface area contributed by atoms with E-state index in [-0.39, 0.29) is 5.69 Å². The second kappa shape index (κ2) is 5.43. The van der Waals surface area contributed by atoms with Gasteiger partial charge in [-0.05, 0) is 30.3 Å². The number of nitrogens with one attached hydrogen (secondary N) is 1. The van der Waals surface area contributed by atoms with E-state index in [1.807, 2.05) is 0 Å². The van der Waals surface area contributed by atoms with Gasteiger partial charge in [0.05, 0.1) is 5.56 Å². The lowest BCUT2D eigenvalue weighted by atomic mass is 10.1. The number of carbonyl (C=O) groups is 1. The zero-order valence-electron chi connectivity index (χ0n) is 10.4. The number of amides is 1. The third-order valence-electron chi connectivity index (χ3n) is 2.67. The van der Waals surface area contributed by atoms with Gasteiger partial charge in [-0.2, -0.15) is 13.2 Å². The number of phenols is 1. The molecule has 0 atom stereocenters. The van der Waals surface area contributed by atoms with Gasteiger partial charge in [-0.3, -0.25) is 4.79 Å². The van der Waals surface area contributed by atoms with Crippen LogP contribution in [0.4, 0.5) is 23.2 Å². The van der Waals surface area contributed by atoms with Crippen molar-refractivity contribution >= 4 is 11.6 Å². The maximum atomic E-state index is 13.5. The number of phenolic OH excluding ortho intramolecular Hbond substituents is 1. The van der Waals surface area contributed by atoms with Crippen LogP contribution in [-0.2, 0) is 6.18 Å². The number of benzene rings is 2. The van der Waals surface area contributed by atoms with E-state index in [0.717, 1.165) is 30.3 Å². The van der Waals surface area contributed by atoms with Gasteiger partial charge in [0, 0.05) is 5.69 Å². The number of anilines is 1. The lowest BCUT2D eigenvalue weighted by molar-refractivity contribution is -0.137. The molecule has 1 amide bonds. The summed E-state index contributed by atoms with van der Waals surface area (Å²) in [4.78, 5) is 11.8. The molecule has 7 heteroatoms. The van der Waals surface area contributed by atoms with Crippen LogP contribution in [0.5, 0.6) is 5.75 Å². The first-order valence-corrected chi connectivity index (χ1v) is 5.75. The van der Waals surface area contributed by atoms with E-state index >= 15 is 0 Å². The molecule has 2 rings (SSSR count). The summed E-state index contributed by atoms with van der Waals surface area (Å²) in [7, 11) is 0. The first kappa shape index (κ1) is 14.8. The molecule has 0 aliphatic carbocycles. The molecule has 3 nitrogen and oxygen atoms in total. The molecule has 110 valence electrons. The summed E-state index contributed by atoms with van der Waals surface area (Å²) in [5.41, 5.74) is -1.73. The van der Waals surface area contributed by atoms with Crippen LogP contribution in [0.1, 0.15) is 15.9 Å². The molecule has 0 aliphatic heterocycles. The highest BCUT2D eigenvalue weighted by atomic mass is 19.4. The van der Waals surface area contributed by atoms with Crippen LogP contribution < -0.4 is 5.32 Å². The predicted octanol–water partition coefficient (Wildman–Crippen LogP) is 3.80. The van der Waals surface area contributed by atoms with Crippen molar-refractivity contribution in [1.29, 1.82) is 0 Å². The zero-order chi connectivity index (χ0) is 15.6. The Kier molecular flexibility index (Phi) is 3.84. The van der Waals surface area contributed by atoms with E-state index in [4.69, 9.17) is 0 Å². The molecule has 0 saturated heterocycles. The first-order valence-electron chi connectivity index (χ1n) is 5.75. The van der Waals surface area contributed by atoms with Crippen molar-refractivity contribution in [2.75, 3.05) is 5.32 Å². The van der Waals surface area contributed by atoms with E-state index in [1.54, 1.807) is 0 Å². The number of hydrogen-bond acceptors (Lipinski definition) is 2. The highest BCUT2D eigenvalue weighted by Crippen LogP contribution is 2.31. The monoisotopic (exact) mass is 299 g/mol. The van der Waals surface area contributed by atoms with Crippen LogP contribution >= 0.6 is 0 Å². The third-order valence-corrected chi connectivity index (χ3v) is 2.67. The summed E-state index contributed by atoms with van der Waals surface area (Å²) in [5.74, 6) is -2.61. The van der Waals surface area contributed by atoms with Gasteiger partial charge in [-0.25, -0.2) is 4.39 Å². The minimum absolute atomic E-state index is 0.155. The molecule has 2 aromatic rings. The van der Waals surface area contributed by atoms with Crippen molar-refractivity contribution < 1.29 is 27.5 Å². The van der Waals surface area contributed by atoms with Crippen LogP contribution in [0, 0.1) is 5.82 Å². The third kappa shape index (κ3) is 3.31. The Labute approximate surface area is 116 Å². The summed E-state index contributed by atoms with van der Waals surface area (Å²) in [6.07, 6.45) is -4.55. The topological polar surface area (TPSA) is 49.3 Å². The van der Waals surface area contributed by atoms with Crippen molar-refractivity contribution in [2.45, 2.75) is 6.18 Å². The van der Waals surface area contributed by atoms with E-state index in [2.05, 4.69) is 5.32 Å². The van der Waals surface area contributed by atoms with Crippen LogP contribution in [-0.4, -0.2) is 11.0 Å². The Hall–Kier alpha value is -2.57. The summed E-state index contributed by atoms with van der Waals surface area (Å²) in [6.45, 7) is 0. The van der Waals surface area contributed by atoms with Gasteiger partial charge in [0.2, 0.25) is 0 Å². The molecular weight excluding hydrogens is 290 g/mol. The van der Waals surface area contributed by atoms with Crippen molar-refractivity contribution in [1.82, 2.24) is 0 Å². The molecule has 0 fully saturated rings. The van der Waals surface area contributed by atoms with E-state index < -0.39 is 34.8 Å². The van der Waals surface area contributed by atoms with E-state index in [9.17, 15) is 27.5 Å². The molecule has 0 aliphatic rings. The number of carbonyl (C=O) groups excluding carboxylic acids is 1. The van der Waals surface area contributed by atoms with Crippen LogP contribution in [0.25, 0.3) is 0 Å². The molecule has 0 unspecified atom stereocenters. The summed E-state index contributed by atoms with van der Waals surface area (Å²) in [5, 5.41) is 11.6. The maximum Gasteiger partial charge on any atom is 0.416 e. The van der Waals surface area contributed by atoms with Crippen molar-refractivity contribution in [3.05, 3.63) is 59.4 Å². The Morgan fingerprint density at radius 2 is 1.76 bits per heavy atom. The number of aromatic hydroxyl groups is 1. The Bertz CT molecular complexity index is 663. The van der Waals surface area contributed by atoms with Gasteiger partial charge in [0.15, 0.2) is 0 Å². The standard InChI is InChI=1S/C14H9F4NO2/c15-10-5-2-6-11(20)12(10)13(21)19-9-4-1-3-8(7-9)14(16,17)18/h1-7,20H,(H,19,21). The van der Waals surface area contributed by atoms with Gasteiger partial charge in [-0.15, -0.1) is 0 Å². The highest BCUT2D eigenvalue weighted by molar-refractivity contribution is 6.06. The van der Waals surface area contributed by atoms with Gasteiger partial charge in [-0.1, -0.05) is 12.1 Å². The number of rotatable bonds is 2. The van der Waals surface area contributed by atoms with Gasteiger partial charge >= 0.3 is 6.18 Å². The lowest BCUT2D eigenvalue weighted by Crippen LogP contribution is -2.15. The number of halogens is 4. The lowest BCUT2D eigenvalue weighted by Gasteiger charge is -2.10. The molecule has 0 heterocycles. The summed E-state index contributed by atoms with van der Waals surface area (Å²) >= 11 is 0. The Morgan fingerprint density at radius 3 is 2.38 bits per heavy atom. The van der Waals surface area contributed by atoms with Crippen molar-refractivity contribution in [3.8, 4) is 5.75 Å².